The SMILES string of the molecule is COc1ccc([C@@H]2CN(C(C)(C)C)C[C@@]2(F)C(=O)N2CCC(c3ccc(C(F)(F)F)cc3OCCCc3nnn[nH]3)CC2)cc1. The standard InChI is InChI=1S/C32H40F4N6O3/c1-30(2,3)42-19-26(22-7-10-24(44-4)11-8-22)31(33,20-42)29(43)41-15-13-21(14-16-41)25-12-9-23(32(34,35)36)18-27(25)45-17-5-6-28-37-39-40-38-28/h7-12,18,21,26H,5-6,13-17,19-20H2,1-4H3,(H,37,38,39,40)/t26-,31-/m0/s1. The molecule has 9 nitrogen and oxygen atoms in total. The number of aromatic amines is 1. The van der Waals surface area contributed by atoms with Gasteiger partial charge in [0.05, 0.1) is 19.3 Å². The Balaban J connectivity index is 1.30. The number of carbonyl (C=O) groups excluding carboxylic acids is 1. The van der Waals surface area contributed by atoms with E-state index in [1.54, 1.807) is 24.1 Å². The van der Waals surface area contributed by atoms with Crippen LogP contribution in [-0.4, -0.2) is 87.4 Å². The van der Waals surface area contributed by atoms with E-state index in [-0.39, 0.29) is 30.4 Å². The number of rotatable bonds is 9. The first-order valence-corrected chi connectivity index (χ1v) is 15.2. The van der Waals surface area contributed by atoms with Crippen molar-refractivity contribution in [1.82, 2.24) is 30.4 Å². The average molecular weight is 633 g/mol. The van der Waals surface area contributed by atoms with Crippen LogP contribution in [0.15, 0.2) is 42.5 Å². The number of likely N-dealkylation sites (tertiary alicyclic amines) is 2. The minimum atomic E-state index is -4.52. The molecular formula is C32H40F4N6O3. The molecule has 3 aromatic rings. The van der Waals surface area contributed by atoms with E-state index in [0.717, 1.165) is 17.7 Å². The molecule has 2 aliphatic heterocycles. The second-order valence-electron chi connectivity index (χ2n) is 12.9. The Morgan fingerprint density at radius 1 is 1.09 bits per heavy atom. The number of hydrogen-bond donors (Lipinski definition) is 1. The van der Waals surface area contributed by atoms with Crippen molar-refractivity contribution >= 4 is 5.91 Å². The molecule has 13 heteroatoms. The monoisotopic (exact) mass is 632 g/mol. The molecular weight excluding hydrogens is 592 g/mol. The van der Waals surface area contributed by atoms with E-state index in [1.165, 1.54) is 6.07 Å². The second-order valence-corrected chi connectivity index (χ2v) is 12.9. The lowest BCUT2D eigenvalue weighted by atomic mass is 9.83. The molecule has 45 heavy (non-hydrogen) atoms. The third-order valence-corrected chi connectivity index (χ3v) is 8.97. The molecule has 0 saturated carbocycles. The molecule has 0 bridgehead atoms. The maximum atomic E-state index is 17.1. The van der Waals surface area contributed by atoms with E-state index >= 15 is 4.39 Å². The Labute approximate surface area is 260 Å². The number of aromatic nitrogens is 4. The van der Waals surface area contributed by atoms with Crippen molar-refractivity contribution in [2.24, 2.45) is 0 Å². The van der Waals surface area contributed by atoms with Gasteiger partial charge in [-0.25, -0.2) is 9.49 Å². The molecule has 2 aromatic carbocycles. The number of benzene rings is 2. The van der Waals surface area contributed by atoms with Crippen molar-refractivity contribution in [2.45, 2.75) is 75.7 Å². The first-order valence-electron chi connectivity index (χ1n) is 15.2. The summed E-state index contributed by atoms with van der Waals surface area (Å²) in [6.45, 7) is 7.16. The first kappa shape index (κ1) is 32.6. The van der Waals surface area contributed by atoms with Gasteiger partial charge in [0, 0.05) is 44.1 Å². The van der Waals surface area contributed by atoms with Crippen LogP contribution in [0.4, 0.5) is 17.6 Å². The molecule has 2 atom stereocenters. The zero-order chi connectivity index (χ0) is 32.4. The Kier molecular flexibility index (Phi) is 9.39. The van der Waals surface area contributed by atoms with Crippen LogP contribution in [0.5, 0.6) is 11.5 Å². The van der Waals surface area contributed by atoms with Crippen molar-refractivity contribution in [3.63, 3.8) is 0 Å². The zero-order valence-corrected chi connectivity index (χ0v) is 26.0. The van der Waals surface area contributed by atoms with E-state index in [0.29, 0.717) is 62.5 Å². The van der Waals surface area contributed by atoms with E-state index < -0.39 is 29.2 Å². The summed E-state index contributed by atoms with van der Waals surface area (Å²) in [6.07, 6.45) is -2.58. The van der Waals surface area contributed by atoms with E-state index in [4.69, 9.17) is 9.47 Å². The smallest absolute Gasteiger partial charge is 0.416 e. The number of amides is 1. The number of H-pyrrole nitrogens is 1. The summed E-state index contributed by atoms with van der Waals surface area (Å²) in [4.78, 5) is 17.6. The fraction of sp³-hybridized carbons (Fsp3) is 0.562. The largest absolute Gasteiger partial charge is 0.497 e. The van der Waals surface area contributed by atoms with Gasteiger partial charge in [0.2, 0.25) is 5.67 Å². The molecule has 2 fully saturated rings. The fourth-order valence-corrected chi connectivity index (χ4v) is 6.29. The number of alkyl halides is 4. The maximum Gasteiger partial charge on any atom is 0.416 e. The van der Waals surface area contributed by atoms with Gasteiger partial charge in [0.1, 0.15) is 17.3 Å². The summed E-state index contributed by atoms with van der Waals surface area (Å²) in [5.74, 6) is 0.0411. The Morgan fingerprint density at radius 2 is 1.80 bits per heavy atom. The van der Waals surface area contributed by atoms with Crippen LogP contribution in [0.25, 0.3) is 0 Å². The number of piperidine rings is 1. The zero-order valence-electron chi connectivity index (χ0n) is 26.0. The van der Waals surface area contributed by atoms with Gasteiger partial charge in [-0.2, -0.15) is 13.2 Å². The van der Waals surface area contributed by atoms with Crippen LogP contribution in [-0.2, 0) is 17.4 Å². The van der Waals surface area contributed by atoms with Gasteiger partial charge >= 0.3 is 6.18 Å². The average Bonchev–Trinajstić information content (AvgIpc) is 3.67. The molecule has 244 valence electrons. The highest BCUT2D eigenvalue weighted by molar-refractivity contribution is 5.87. The van der Waals surface area contributed by atoms with Gasteiger partial charge in [0.15, 0.2) is 0 Å². The third kappa shape index (κ3) is 7.23. The lowest BCUT2D eigenvalue weighted by molar-refractivity contribution is -0.145. The van der Waals surface area contributed by atoms with Gasteiger partial charge < -0.3 is 14.4 Å². The van der Waals surface area contributed by atoms with Gasteiger partial charge in [-0.1, -0.05) is 18.2 Å². The number of carbonyl (C=O) groups is 1. The summed E-state index contributed by atoms with van der Waals surface area (Å²) in [5, 5.41) is 13.5. The number of tetrazole rings is 1. The minimum absolute atomic E-state index is 0.0209. The molecule has 0 aliphatic carbocycles. The van der Waals surface area contributed by atoms with Gasteiger partial charge in [0.25, 0.3) is 5.91 Å². The third-order valence-electron chi connectivity index (χ3n) is 8.97. The molecule has 3 heterocycles. The number of methoxy groups -OCH3 is 1. The van der Waals surface area contributed by atoms with E-state index in [9.17, 15) is 18.0 Å². The molecule has 2 aliphatic rings. The van der Waals surface area contributed by atoms with Crippen molar-refractivity contribution in [3.05, 3.63) is 65.0 Å². The number of halogens is 4. The topological polar surface area (TPSA) is 96.5 Å². The fourth-order valence-electron chi connectivity index (χ4n) is 6.29. The highest BCUT2D eigenvalue weighted by atomic mass is 19.4. The molecule has 0 spiro atoms. The summed E-state index contributed by atoms with van der Waals surface area (Å²) in [5.41, 5.74) is -1.86. The molecule has 1 aromatic heterocycles. The van der Waals surface area contributed by atoms with Crippen LogP contribution < -0.4 is 9.47 Å². The normalized spacial score (nSPS) is 21.7. The van der Waals surface area contributed by atoms with Crippen LogP contribution in [0.3, 0.4) is 0 Å². The summed E-state index contributed by atoms with van der Waals surface area (Å²) >= 11 is 0. The Bertz CT molecular complexity index is 1440. The van der Waals surface area contributed by atoms with Crippen LogP contribution in [0.1, 0.15) is 74.4 Å². The number of nitrogens with one attached hydrogen (secondary N) is 1. The second kappa shape index (κ2) is 12.9. The molecule has 0 unspecified atom stereocenters. The van der Waals surface area contributed by atoms with Crippen LogP contribution in [0.2, 0.25) is 0 Å². The molecule has 1 N–H and O–H groups in total. The first-order chi connectivity index (χ1) is 21.3. The van der Waals surface area contributed by atoms with Crippen molar-refractivity contribution in [3.8, 4) is 11.5 Å². The minimum Gasteiger partial charge on any atom is -0.497 e. The Hall–Kier alpha value is -3.74. The lowest BCUT2D eigenvalue weighted by Gasteiger charge is -2.38. The molecule has 1 amide bonds. The number of aryl methyl sites for hydroxylation is 1. The molecule has 2 saturated heterocycles. The van der Waals surface area contributed by atoms with E-state index in [2.05, 4.69) is 20.6 Å². The molecule has 0 radical (unpaired) electrons. The number of hydrogen-bond acceptors (Lipinski definition) is 7. The van der Waals surface area contributed by atoms with Crippen molar-refractivity contribution < 1.29 is 31.8 Å². The van der Waals surface area contributed by atoms with Crippen molar-refractivity contribution in [2.75, 3.05) is 39.9 Å². The summed E-state index contributed by atoms with van der Waals surface area (Å²) < 4.78 is 69.0. The predicted molar refractivity (Wildman–Crippen MR) is 159 cm³/mol. The van der Waals surface area contributed by atoms with Gasteiger partial charge in [-0.15, -0.1) is 5.10 Å². The van der Waals surface area contributed by atoms with Crippen LogP contribution in [0, 0.1) is 0 Å². The van der Waals surface area contributed by atoms with Gasteiger partial charge in [-0.3, -0.25) is 9.69 Å². The van der Waals surface area contributed by atoms with Crippen molar-refractivity contribution in [1.29, 1.82) is 0 Å². The van der Waals surface area contributed by atoms with Crippen LogP contribution >= 0.6 is 0 Å². The number of ether oxygens (including phenoxy) is 2. The lowest BCUT2D eigenvalue weighted by Crippen LogP contribution is -2.53. The highest BCUT2D eigenvalue weighted by Gasteiger charge is 2.57. The summed E-state index contributed by atoms with van der Waals surface area (Å²) in [6, 6.07) is 10.8. The maximum absolute atomic E-state index is 17.1. The van der Waals surface area contributed by atoms with Gasteiger partial charge in [-0.05, 0) is 91.8 Å². The molecule has 5 rings (SSSR count). The van der Waals surface area contributed by atoms with E-state index in [1.807, 2.05) is 37.8 Å². The quantitative estimate of drug-likeness (QED) is 0.244. The Morgan fingerprint density at radius 3 is 2.40 bits per heavy atom. The number of nitrogens with zero attached hydrogens (tertiary/aromatic N) is 5. The summed E-state index contributed by atoms with van der Waals surface area (Å²) in [7, 11) is 1.57. The highest BCUT2D eigenvalue weighted by Crippen LogP contribution is 2.45. The predicted octanol–water partition coefficient (Wildman–Crippen LogP) is 5.55.